The summed E-state index contributed by atoms with van der Waals surface area (Å²) in [6, 6.07) is 1.36. The predicted molar refractivity (Wildman–Crippen MR) is 75.5 cm³/mol. The van der Waals surface area contributed by atoms with Gasteiger partial charge in [-0.25, -0.2) is 0 Å². The lowest BCUT2D eigenvalue weighted by Crippen LogP contribution is -2.32. The van der Waals surface area contributed by atoms with Gasteiger partial charge in [0.1, 0.15) is 0 Å². The van der Waals surface area contributed by atoms with E-state index >= 15 is 0 Å². The Hall–Kier alpha value is 0.134. The van der Waals surface area contributed by atoms with E-state index in [0.717, 1.165) is 0 Å². The van der Waals surface area contributed by atoms with Crippen molar-refractivity contribution >= 4 is 17.4 Å². The summed E-state index contributed by atoms with van der Waals surface area (Å²) in [6.45, 7) is 13.0. The van der Waals surface area contributed by atoms with Crippen molar-refractivity contribution in [3.05, 3.63) is 12.7 Å². The van der Waals surface area contributed by atoms with E-state index in [1.165, 1.54) is 38.1 Å². The Labute approximate surface area is 98.8 Å². The van der Waals surface area contributed by atoms with E-state index in [-0.39, 0.29) is 0 Å². The van der Waals surface area contributed by atoms with Crippen molar-refractivity contribution in [1.29, 1.82) is 0 Å². The number of rotatable bonds is 9. The van der Waals surface area contributed by atoms with Crippen LogP contribution in [0.4, 0.5) is 0 Å². The summed E-state index contributed by atoms with van der Waals surface area (Å²) in [4.78, 5) is 0. The lowest BCUT2D eigenvalue weighted by Gasteiger charge is -2.22. The molecule has 0 fully saturated rings. The lowest BCUT2D eigenvalue weighted by atomic mass is 10.1. The van der Waals surface area contributed by atoms with Crippen LogP contribution in [0.15, 0.2) is 12.7 Å². The molecule has 0 aliphatic heterocycles. The fourth-order valence-corrected chi connectivity index (χ4v) is 7.90. The van der Waals surface area contributed by atoms with Crippen LogP contribution in [0.2, 0.25) is 32.2 Å². The summed E-state index contributed by atoms with van der Waals surface area (Å²) in [5.41, 5.74) is 0. The SMILES string of the molecule is C=CCCCCCC[SiH](C)O[Si](C)(C)C. The fraction of sp³-hybridized carbons (Fsp3) is 0.833. The number of allylic oxidation sites excluding steroid dienone is 1. The van der Waals surface area contributed by atoms with Gasteiger partial charge in [0.15, 0.2) is 17.4 Å². The molecule has 15 heavy (non-hydrogen) atoms. The Morgan fingerprint density at radius 3 is 2.27 bits per heavy atom. The number of hydrogen-bond acceptors (Lipinski definition) is 1. The molecule has 0 saturated heterocycles. The van der Waals surface area contributed by atoms with Crippen LogP contribution in [0.1, 0.15) is 32.1 Å². The largest absolute Gasteiger partial charge is 0.458 e. The molecule has 0 bridgehead atoms. The first-order valence-corrected chi connectivity index (χ1v) is 12.1. The van der Waals surface area contributed by atoms with Gasteiger partial charge in [0.05, 0.1) is 0 Å². The van der Waals surface area contributed by atoms with Gasteiger partial charge in [0.25, 0.3) is 0 Å². The lowest BCUT2D eigenvalue weighted by molar-refractivity contribution is 0.563. The Morgan fingerprint density at radius 2 is 1.73 bits per heavy atom. The van der Waals surface area contributed by atoms with Crippen LogP contribution in [-0.4, -0.2) is 17.4 Å². The topological polar surface area (TPSA) is 9.23 Å². The van der Waals surface area contributed by atoms with Crippen LogP contribution in [0, 0.1) is 0 Å². The van der Waals surface area contributed by atoms with Gasteiger partial charge in [0.2, 0.25) is 0 Å². The second kappa shape index (κ2) is 8.30. The third kappa shape index (κ3) is 12.1. The Bertz CT molecular complexity index is 163. The van der Waals surface area contributed by atoms with Gasteiger partial charge >= 0.3 is 0 Å². The van der Waals surface area contributed by atoms with Crippen LogP contribution >= 0.6 is 0 Å². The van der Waals surface area contributed by atoms with E-state index in [4.69, 9.17) is 4.12 Å². The minimum Gasteiger partial charge on any atom is -0.458 e. The summed E-state index contributed by atoms with van der Waals surface area (Å²) in [5.74, 6) is 0. The molecule has 0 aromatic rings. The first kappa shape index (κ1) is 15.1. The minimum absolute atomic E-state index is 0.844. The summed E-state index contributed by atoms with van der Waals surface area (Å²) in [6.07, 6.45) is 8.62. The predicted octanol–water partition coefficient (Wildman–Crippen LogP) is 4.33. The highest BCUT2D eigenvalue weighted by molar-refractivity contribution is 6.77. The third-order valence-corrected chi connectivity index (χ3v) is 7.98. The second-order valence-corrected chi connectivity index (χ2v) is 12.7. The molecular formula is C12H28OSi2. The molecule has 0 radical (unpaired) electrons. The molecule has 0 saturated carbocycles. The van der Waals surface area contributed by atoms with E-state index < -0.39 is 17.4 Å². The summed E-state index contributed by atoms with van der Waals surface area (Å²) < 4.78 is 6.13. The van der Waals surface area contributed by atoms with E-state index in [0.29, 0.717) is 0 Å². The first-order valence-electron chi connectivity index (χ1n) is 6.24. The van der Waals surface area contributed by atoms with E-state index in [2.05, 4.69) is 32.8 Å². The Morgan fingerprint density at radius 1 is 1.13 bits per heavy atom. The molecule has 0 amide bonds. The highest BCUT2D eigenvalue weighted by Gasteiger charge is 2.18. The van der Waals surface area contributed by atoms with Gasteiger partial charge in [-0.2, -0.15) is 0 Å². The van der Waals surface area contributed by atoms with Gasteiger partial charge in [0, 0.05) is 0 Å². The highest BCUT2D eigenvalue weighted by atomic mass is 28.4. The molecule has 90 valence electrons. The number of unbranched alkanes of at least 4 members (excludes halogenated alkanes) is 4. The molecule has 0 heterocycles. The van der Waals surface area contributed by atoms with Crippen molar-refractivity contribution in [2.24, 2.45) is 0 Å². The van der Waals surface area contributed by atoms with E-state index in [1.807, 2.05) is 6.08 Å². The summed E-state index contributed by atoms with van der Waals surface area (Å²) in [5, 5.41) is 0. The molecule has 0 spiro atoms. The van der Waals surface area contributed by atoms with Gasteiger partial charge in [-0.15, -0.1) is 6.58 Å². The highest BCUT2D eigenvalue weighted by Crippen LogP contribution is 2.12. The summed E-state index contributed by atoms with van der Waals surface area (Å²) in [7, 11) is -2.10. The van der Waals surface area contributed by atoms with Crippen molar-refractivity contribution in [2.75, 3.05) is 0 Å². The molecule has 0 aromatic heterocycles. The first-order chi connectivity index (χ1) is 6.95. The van der Waals surface area contributed by atoms with Crippen molar-refractivity contribution in [3.63, 3.8) is 0 Å². The van der Waals surface area contributed by atoms with Crippen molar-refractivity contribution in [3.8, 4) is 0 Å². The van der Waals surface area contributed by atoms with E-state index in [1.54, 1.807) is 0 Å². The molecule has 1 nitrogen and oxygen atoms in total. The van der Waals surface area contributed by atoms with Gasteiger partial charge in [-0.05, 0) is 45.1 Å². The van der Waals surface area contributed by atoms with Crippen LogP contribution in [0.3, 0.4) is 0 Å². The molecule has 0 rings (SSSR count). The quantitative estimate of drug-likeness (QED) is 0.333. The molecule has 3 heteroatoms. The smallest absolute Gasteiger partial charge is 0.170 e. The molecule has 0 aliphatic carbocycles. The zero-order chi connectivity index (χ0) is 11.7. The average Bonchev–Trinajstić information content (AvgIpc) is 2.08. The van der Waals surface area contributed by atoms with Crippen LogP contribution in [0.5, 0.6) is 0 Å². The van der Waals surface area contributed by atoms with Gasteiger partial charge in [-0.3, -0.25) is 0 Å². The van der Waals surface area contributed by atoms with Crippen molar-refractivity contribution < 1.29 is 4.12 Å². The molecule has 1 atom stereocenters. The molecule has 1 unspecified atom stereocenters. The second-order valence-electron chi connectivity index (χ2n) is 5.32. The normalized spacial score (nSPS) is 13.9. The molecular weight excluding hydrogens is 216 g/mol. The van der Waals surface area contributed by atoms with Crippen LogP contribution in [0.25, 0.3) is 0 Å². The fourth-order valence-electron chi connectivity index (χ4n) is 1.74. The van der Waals surface area contributed by atoms with Gasteiger partial charge in [-0.1, -0.05) is 25.3 Å². The number of hydrogen-bond donors (Lipinski definition) is 0. The van der Waals surface area contributed by atoms with Crippen LogP contribution < -0.4 is 0 Å². The molecule has 0 aliphatic rings. The molecule has 0 N–H and O–H groups in total. The van der Waals surface area contributed by atoms with E-state index in [9.17, 15) is 0 Å². The van der Waals surface area contributed by atoms with Crippen LogP contribution in [-0.2, 0) is 4.12 Å². The maximum absolute atomic E-state index is 6.13. The van der Waals surface area contributed by atoms with Gasteiger partial charge < -0.3 is 4.12 Å². The average molecular weight is 245 g/mol. The summed E-state index contributed by atoms with van der Waals surface area (Å²) >= 11 is 0. The standard InChI is InChI=1S/C12H28OSi2/c1-6-7-8-9-10-11-12-14(2)13-15(3,4)5/h6,14H,1,7-12H2,2-5H3. The zero-order valence-electron chi connectivity index (χ0n) is 11.0. The third-order valence-electron chi connectivity index (χ3n) is 2.32. The van der Waals surface area contributed by atoms with Crippen molar-refractivity contribution in [2.45, 2.75) is 64.3 Å². The molecule has 0 aromatic carbocycles. The maximum Gasteiger partial charge on any atom is 0.170 e. The monoisotopic (exact) mass is 244 g/mol. The van der Waals surface area contributed by atoms with Crippen molar-refractivity contribution in [1.82, 2.24) is 0 Å². The Balaban J connectivity index is 3.31. The maximum atomic E-state index is 6.13. The minimum atomic E-state index is -1.25. The zero-order valence-corrected chi connectivity index (χ0v) is 13.2. The Kier molecular flexibility index (Phi) is 8.38.